The maximum Gasteiger partial charge on any atom is 2.00 e. The summed E-state index contributed by atoms with van der Waals surface area (Å²) in [5.74, 6) is -1.82. The molecule has 0 spiro atoms. The molecule has 0 saturated heterocycles. The van der Waals surface area contributed by atoms with Gasteiger partial charge in [-0.3, -0.25) is 0 Å². The third-order valence-electron chi connectivity index (χ3n) is 4.47. The van der Waals surface area contributed by atoms with E-state index >= 15 is 0 Å². The summed E-state index contributed by atoms with van der Waals surface area (Å²) >= 11 is 0. The summed E-state index contributed by atoms with van der Waals surface area (Å²) < 4.78 is 0. The Labute approximate surface area is 178 Å². The van der Waals surface area contributed by atoms with E-state index in [9.17, 15) is 19.8 Å². The molecule has 0 bridgehead atoms. The van der Waals surface area contributed by atoms with E-state index in [1.54, 1.807) is 0 Å². The molecule has 5 heteroatoms. The van der Waals surface area contributed by atoms with Crippen LogP contribution in [0.5, 0.6) is 0 Å². The van der Waals surface area contributed by atoms with E-state index in [4.69, 9.17) is 0 Å². The fraction of sp³-hybridized carbons (Fsp3) is 0.909. The summed E-state index contributed by atoms with van der Waals surface area (Å²) in [7, 11) is 0. The predicted octanol–water partition coefficient (Wildman–Crippen LogP) is 4.53. The standard InChI is InChI=1S/2C11H22O2.Mn/c2*1-2-3-4-5-6-7-8-9-10-11(12)13;/h2*2-10H2,1H3,(H,12,13);/q;;+2/p-2. The molecule has 0 amide bonds. The molecule has 161 valence electrons. The van der Waals surface area contributed by atoms with Gasteiger partial charge in [0.1, 0.15) is 0 Å². The zero-order valence-corrected chi connectivity index (χ0v) is 18.9. The van der Waals surface area contributed by atoms with Crippen molar-refractivity contribution in [3.8, 4) is 0 Å². The van der Waals surface area contributed by atoms with Crippen LogP contribution >= 0.6 is 0 Å². The minimum atomic E-state index is -0.911. The van der Waals surface area contributed by atoms with Crippen molar-refractivity contribution in [1.82, 2.24) is 0 Å². The van der Waals surface area contributed by atoms with Crippen molar-refractivity contribution in [2.24, 2.45) is 0 Å². The number of carbonyl (C=O) groups excluding carboxylic acids is 2. The smallest absolute Gasteiger partial charge is 0.550 e. The van der Waals surface area contributed by atoms with Crippen LogP contribution in [-0.2, 0) is 26.7 Å². The maximum atomic E-state index is 10.1. The number of hydrogen-bond acceptors (Lipinski definition) is 4. The fourth-order valence-electron chi connectivity index (χ4n) is 2.81. The van der Waals surface area contributed by atoms with E-state index in [2.05, 4.69) is 13.8 Å². The minimum Gasteiger partial charge on any atom is -0.550 e. The van der Waals surface area contributed by atoms with Gasteiger partial charge in [-0.2, -0.15) is 0 Å². The number of unbranched alkanes of at least 4 members (excludes halogenated alkanes) is 14. The molecule has 0 rings (SSSR count). The average Bonchev–Trinajstić information content (AvgIpc) is 2.60. The normalized spacial score (nSPS) is 9.85. The van der Waals surface area contributed by atoms with Gasteiger partial charge in [0.2, 0.25) is 0 Å². The van der Waals surface area contributed by atoms with Gasteiger partial charge in [0.25, 0.3) is 0 Å². The molecule has 0 aliphatic carbocycles. The quantitative estimate of drug-likeness (QED) is 0.239. The number of carbonyl (C=O) groups is 2. The van der Waals surface area contributed by atoms with Crippen molar-refractivity contribution >= 4 is 11.9 Å². The molecule has 0 unspecified atom stereocenters. The first-order valence-electron chi connectivity index (χ1n) is 10.9. The molecule has 0 fully saturated rings. The van der Waals surface area contributed by atoms with Crippen molar-refractivity contribution in [2.45, 2.75) is 129 Å². The molecular formula is C22H42MnO4. The summed E-state index contributed by atoms with van der Waals surface area (Å²) in [6.07, 6.45) is 19.5. The number of carboxylic acids is 2. The van der Waals surface area contributed by atoms with Crippen molar-refractivity contribution < 1.29 is 36.9 Å². The van der Waals surface area contributed by atoms with Crippen LogP contribution in [-0.4, -0.2) is 11.9 Å². The van der Waals surface area contributed by atoms with E-state index in [-0.39, 0.29) is 29.9 Å². The Kier molecular flexibility index (Phi) is 31.9. The molecule has 0 saturated carbocycles. The van der Waals surface area contributed by atoms with Gasteiger partial charge in [0.05, 0.1) is 0 Å². The Morgan fingerprint density at radius 2 is 0.704 bits per heavy atom. The number of carboxylic acid groups (broad SMARTS) is 2. The Hall–Kier alpha value is -0.541. The molecule has 0 aromatic carbocycles. The predicted molar refractivity (Wildman–Crippen MR) is 104 cm³/mol. The Balaban J connectivity index is -0.000000411. The molecule has 0 atom stereocenters. The van der Waals surface area contributed by atoms with Crippen LogP contribution in [0.2, 0.25) is 0 Å². The fourth-order valence-corrected chi connectivity index (χ4v) is 2.81. The zero-order valence-electron chi connectivity index (χ0n) is 17.7. The molecule has 1 radical (unpaired) electrons. The van der Waals surface area contributed by atoms with E-state index in [1.807, 2.05) is 0 Å². The van der Waals surface area contributed by atoms with Crippen LogP contribution in [0.3, 0.4) is 0 Å². The molecule has 4 nitrogen and oxygen atoms in total. The third-order valence-corrected chi connectivity index (χ3v) is 4.47. The summed E-state index contributed by atoms with van der Waals surface area (Å²) in [5, 5.41) is 20.1. The first kappa shape index (κ1) is 31.2. The van der Waals surface area contributed by atoms with E-state index in [1.165, 1.54) is 77.0 Å². The Morgan fingerprint density at radius 3 is 0.926 bits per heavy atom. The van der Waals surface area contributed by atoms with Gasteiger partial charge < -0.3 is 19.8 Å². The largest absolute Gasteiger partial charge is 2.00 e. The second kappa shape index (κ2) is 27.7. The van der Waals surface area contributed by atoms with E-state index in [0.717, 1.165) is 25.7 Å². The van der Waals surface area contributed by atoms with Gasteiger partial charge >= 0.3 is 17.1 Å². The average molecular weight is 426 g/mol. The first-order chi connectivity index (χ1) is 12.5. The molecule has 0 aliphatic rings. The molecule has 0 heterocycles. The van der Waals surface area contributed by atoms with Gasteiger partial charge in [0, 0.05) is 11.9 Å². The van der Waals surface area contributed by atoms with Gasteiger partial charge in [-0.05, 0) is 25.7 Å². The topological polar surface area (TPSA) is 80.3 Å². The van der Waals surface area contributed by atoms with Gasteiger partial charge in [-0.15, -0.1) is 0 Å². The number of rotatable bonds is 18. The van der Waals surface area contributed by atoms with Crippen LogP contribution in [0.1, 0.15) is 129 Å². The van der Waals surface area contributed by atoms with Crippen molar-refractivity contribution in [3.05, 3.63) is 0 Å². The van der Waals surface area contributed by atoms with Crippen molar-refractivity contribution in [1.29, 1.82) is 0 Å². The molecule has 0 N–H and O–H groups in total. The second-order valence-electron chi connectivity index (χ2n) is 7.19. The number of hydrogen-bond donors (Lipinski definition) is 0. The number of aliphatic carboxylic acids is 2. The summed E-state index contributed by atoms with van der Waals surface area (Å²) in [4.78, 5) is 20.1. The summed E-state index contributed by atoms with van der Waals surface area (Å²) in [5.41, 5.74) is 0. The van der Waals surface area contributed by atoms with Gasteiger partial charge in [-0.25, -0.2) is 0 Å². The maximum absolute atomic E-state index is 10.1. The minimum absolute atomic E-state index is 0. The molecular weight excluding hydrogens is 383 g/mol. The Bertz CT molecular complexity index is 279. The monoisotopic (exact) mass is 425 g/mol. The molecule has 0 aromatic heterocycles. The zero-order chi connectivity index (χ0) is 19.9. The molecule has 0 aromatic rings. The third kappa shape index (κ3) is 37.0. The van der Waals surface area contributed by atoms with E-state index < -0.39 is 11.9 Å². The van der Waals surface area contributed by atoms with Crippen LogP contribution in [0.4, 0.5) is 0 Å². The van der Waals surface area contributed by atoms with Crippen molar-refractivity contribution in [3.63, 3.8) is 0 Å². The summed E-state index contributed by atoms with van der Waals surface area (Å²) in [6, 6.07) is 0. The van der Waals surface area contributed by atoms with E-state index in [0.29, 0.717) is 0 Å². The van der Waals surface area contributed by atoms with Gasteiger partial charge in [0.15, 0.2) is 0 Å². The van der Waals surface area contributed by atoms with Crippen LogP contribution in [0.15, 0.2) is 0 Å². The second-order valence-corrected chi connectivity index (χ2v) is 7.19. The van der Waals surface area contributed by atoms with Crippen molar-refractivity contribution in [2.75, 3.05) is 0 Å². The van der Waals surface area contributed by atoms with Crippen LogP contribution < -0.4 is 10.2 Å². The molecule has 27 heavy (non-hydrogen) atoms. The summed E-state index contributed by atoms with van der Waals surface area (Å²) in [6.45, 7) is 4.42. The molecule has 0 aliphatic heterocycles. The van der Waals surface area contributed by atoms with Crippen LogP contribution in [0, 0.1) is 0 Å². The Morgan fingerprint density at radius 1 is 0.481 bits per heavy atom. The first-order valence-corrected chi connectivity index (χ1v) is 10.9. The van der Waals surface area contributed by atoms with Crippen LogP contribution in [0.25, 0.3) is 0 Å². The SMILES string of the molecule is CCCCCCCCCCC(=O)[O-].CCCCCCCCCCC(=O)[O-].[Mn+2]. The van der Waals surface area contributed by atoms with Gasteiger partial charge in [-0.1, -0.05) is 104 Å².